The fourth-order valence-corrected chi connectivity index (χ4v) is 4.12. The summed E-state index contributed by atoms with van der Waals surface area (Å²) >= 11 is 0. The van der Waals surface area contributed by atoms with Crippen LogP contribution in [0.25, 0.3) is 0 Å². The lowest BCUT2D eigenvalue weighted by molar-refractivity contribution is -0.143. The Labute approximate surface area is 171 Å². The van der Waals surface area contributed by atoms with E-state index in [9.17, 15) is 9.59 Å². The summed E-state index contributed by atoms with van der Waals surface area (Å²) in [5, 5.41) is 1.74. The van der Waals surface area contributed by atoms with E-state index < -0.39 is 12.0 Å². The molecular weight excluding hydrogens is 366 g/mol. The van der Waals surface area contributed by atoms with Gasteiger partial charge in [0.1, 0.15) is 5.92 Å². The maximum Gasteiger partial charge on any atom is 0.261 e. The molecule has 2 heterocycles. The Morgan fingerprint density at radius 1 is 0.966 bits per heavy atom. The smallest absolute Gasteiger partial charge is 0.261 e. The molecule has 0 aromatic heterocycles. The van der Waals surface area contributed by atoms with E-state index in [1.165, 1.54) is 4.90 Å². The SMILES string of the molecule is CCCCN1C(=O)[C@@H]2[C@@H](ON(c3ccccc3)[C@H]2c2ccc(N(C)C)cc2)C1=O. The molecule has 2 saturated heterocycles. The maximum absolute atomic E-state index is 13.2. The fraction of sp³-hybridized carbons (Fsp3) is 0.391. The van der Waals surface area contributed by atoms with Gasteiger partial charge in [-0.25, -0.2) is 5.06 Å². The van der Waals surface area contributed by atoms with Crippen LogP contribution in [-0.4, -0.2) is 43.5 Å². The second-order valence-corrected chi connectivity index (χ2v) is 7.83. The normalized spacial score (nSPS) is 23.6. The van der Waals surface area contributed by atoms with Gasteiger partial charge in [-0.05, 0) is 36.2 Å². The van der Waals surface area contributed by atoms with Crippen LogP contribution in [0.1, 0.15) is 31.4 Å². The quantitative estimate of drug-likeness (QED) is 0.704. The fourth-order valence-electron chi connectivity index (χ4n) is 4.12. The Kier molecular flexibility index (Phi) is 5.28. The molecule has 29 heavy (non-hydrogen) atoms. The van der Waals surface area contributed by atoms with Crippen LogP contribution in [0, 0.1) is 5.92 Å². The highest BCUT2D eigenvalue weighted by atomic mass is 16.7. The molecule has 0 spiro atoms. The van der Waals surface area contributed by atoms with E-state index in [0.29, 0.717) is 6.54 Å². The minimum atomic E-state index is -0.766. The summed E-state index contributed by atoms with van der Waals surface area (Å²) in [6.45, 7) is 2.51. The Morgan fingerprint density at radius 2 is 1.66 bits per heavy atom. The molecule has 0 N–H and O–H groups in total. The predicted octanol–water partition coefficient (Wildman–Crippen LogP) is 3.40. The van der Waals surface area contributed by atoms with Crippen molar-refractivity contribution >= 4 is 23.2 Å². The Morgan fingerprint density at radius 3 is 2.28 bits per heavy atom. The molecule has 2 amide bonds. The molecule has 6 nitrogen and oxygen atoms in total. The van der Waals surface area contributed by atoms with Gasteiger partial charge in [-0.3, -0.25) is 19.3 Å². The van der Waals surface area contributed by atoms with Crippen LogP contribution in [0.5, 0.6) is 0 Å². The van der Waals surface area contributed by atoms with Crippen LogP contribution in [0.3, 0.4) is 0 Å². The number of imide groups is 1. The van der Waals surface area contributed by atoms with E-state index in [-0.39, 0.29) is 17.9 Å². The number of hydroxylamine groups is 1. The molecule has 3 atom stereocenters. The van der Waals surface area contributed by atoms with Crippen molar-refractivity contribution in [2.75, 3.05) is 30.6 Å². The molecule has 4 rings (SSSR count). The third kappa shape index (κ3) is 3.38. The first-order valence-corrected chi connectivity index (χ1v) is 10.2. The minimum absolute atomic E-state index is 0.131. The van der Waals surface area contributed by atoms with E-state index in [1.54, 1.807) is 5.06 Å². The lowest BCUT2D eigenvalue weighted by Crippen LogP contribution is -2.37. The molecule has 6 heteroatoms. The van der Waals surface area contributed by atoms with E-state index in [4.69, 9.17) is 4.84 Å². The van der Waals surface area contributed by atoms with Crippen molar-refractivity contribution in [2.45, 2.75) is 31.9 Å². The molecule has 2 aliphatic heterocycles. The van der Waals surface area contributed by atoms with Crippen molar-refractivity contribution in [3.05, 3.63) is 60.2 Å². The zero-order chi connectivity index (χ0) is 20.5. The third-order valence-corrected chi connectivity index (χ3v) is 5.70. The number of benzene rings is 2. The van der Waals surface area contributed by atoms with Gasteiger partial charge >= 0.3 is 0 Å². The first-order chi connectivity index (χ1) is 14.0. The van der Waals surface area contributed by atoms with Crippen LogP contribution in [0.4, 0.5) is 11.4 Å². The predicted molar refractivity (Wildman–Crippen MR) is 112 cm³/mol. The summed E-state index contributed by atoms with van der Waals surface area (Å²) in [5.41, 5.74) is 2.88. The highest BCUT2D eigenvalue weighted by Crippen LogP contribution is 2.46. The standard InChI is InChI=1S/C23H27N3O3/c1-4-5-15-25-22(27)19-20(16-11-13-17(14-12-16)24(2)3)26(29-21(19)23(25)28)18-9-7-6-8-10-18/h6-14,19-21H,4-5,15H2,1-3H3/t19-,20-,21+/m0/s1. The van der Waals surface area contributed by atoms with Crippen molar-refractivity contribution in [1.29, 1.82) is 0 Å². The summed E-state index contributed by atoms with van der Waals surface area (Å²) in [6.07, 6.45) is 0.971. The van der Waals surface area contributed by atoms with Gasteiger partial charge in [-0.15, -0.1) is 0 Å². The average molecular weight is 393 g/mol. The maximum atomic E-state index is 13.2. The van der Waals surface area contributed by atoms with Crippen LogP contribution in [-0.2, 0) is 14.4 Å². The van der Waals surface area contributed by atoms with Crippen LogP contribution < -0.4 is 9.96 Å². The Balaban J connectivity index is 1.72. The average Bonchev–Trinajstić information content (AvgIpc) is 3.24. The molecule has 0 radical (unpaired) electrons. The molecule has 0 saturated carbocycles. The Hall–Kier alpha value is -2.86. The number of rotatable bonds is 6. The number of amides is 2. The number of likely N-dealkylation sites (tertiary alicyclic amines) is 1. The van der Waals surface area contributed by atoms with Gasteiger partial charge in [0.25, 0.3) is 5.91 Å². The first kappa shape index (κ1) is 19.5. The van der Waals surface area contributed by atoms with Crippen molar-refractivity contribution in [1.82, 2.24) is 4.90 Å². The highest BCUT2D eigenvalue weighted by molar-refractivity contribution is 6.07. The summed E-state index contributed by atoms with van der Waals surface area (Å²) < 4.78 is 0. The van der Waals surface area contributed by atoms with Crippen molar-refractivity contribution in [3.8, 4) is 0 Å². The molecular formula is C23H27N3O3. The number of hydrogen-bond acceptors (Lipinski definition) is 5. The van der Waals surface area contributed by atoms with Gasteiger partial charge in [-0.2, -0.15) is 0 Å². The van der Waals surface area contributed by atoms with Crippen LogP contribution >= 0.6 is 0 Å². The van der Waals surface area contributed by atoms with Gasteiger partial charge in [0.15, 0.2) is 6.10 Å². The first-order valence-electron chi connectivity index (χ1n) is 10.2. The summed E-state index contributed by atoms with van der Waals surface area (Å²) in [6, 6.07) is 17.4. The largest absolute Gasteiger partial charge is 0.378 e. The van der Waals surface area contributed by atoms with Gasteiger partial charge in [-0.1, -0.05) is 43.7 Å². The molecule has 2 aliphatic rings. The lowest BCUT2D eigenvalue weighted by atomic mass is 9.90. The second kappa shape index (κ2) is 7.87. The molecule has 0 aliphatic carbocycles. The van der Waals surface area contributed by atoms with E-state index in [1.807, 2.05) is 73.6 Å². The number of fused-ring (bicyclic) bond motifs is 1. The van der Waals surface area contributed by atoms with Gasteiger partial charge in [0, 0.05) is 26.3 Å². The number of nitrogens with zero attached hydrogens (tertiary/aromatic N) is 3. The van der Waals surface area contributed by atoms with Crippen molar-refractivity contribution in [3.63, 3.8) is 0 Å². The monoisotopic (exact) mass is 393 g/mol. The lowest BCUT2D eigenvalue weighted by Gasteiger charge is -2.29. The van der Waals surface area contributed by atoms with E-state index in [0.717, 1.165) is 29.8 Å². The van der Waals surface area contributed by atoms with Crippen LogP contribution in [0.2, 0.25) is 0 Å². The zero-order valence-corrected chi connectivity index (χ0v) is 17.1. The Bertz CT molecular complexity index is 882. The van der Waals surface area contributed by atoms with Crippen molar-refractivity contribution in [2.24, 2.45) is 5.92 Å². The summed E-state index contributed by atoms with van der Waals surface area (Å²) in [5.74, 6) is -0.889. The zero-order valence-electron chi connectivity index (χ0n) is 17.1. The molecule has 152 valence electrons. The molecule has 0 unspecified atom stereocenters. The molecule has 2 fully saturated rings. The highest BCUT2D eigenvalue weighted by Gasteiger charge is 2.59. The topological polar surface area (TPSA) is 53.1 Å². The van der Waals surface area contributed by atoms with Gasteiger partial charge < -0.3 is 4.90 Å². The van der Waals surface area contributed by atoms with Crippen LogP contribution in [0.15, 0.2) is 54.6 Å². The summed E-state index contributed by atoms with van der Waals surface area (Å²) in [7, 11) is 3.98. The molecule has 2 aromatic rings. The number of anilines is 2. The van der Waals surface area contributed by atoms with E-state index in [2.05, 4.69) is 6.92 Å². The minimum Gasteiger partial charge on any atom is -0.378 e. The molecule has 0 bridgehead atoms. The summed E-state index contributed by atoms with van der Waals surface area (Å²) in [4.78, 5) is 35.7. The van der Waals surface area contributed by atoms with Crippen molar-refractivity contribution < 1.29 is 14.4 Å². The number of carbonyl (C=O) groups excluding carboxylic acids is 2. The number of unbranched alkanes of at least 4 members (excludes halogenated alkanes) is 1. The molecule has 2 aromatic carbocycles. The third-order valence-electron chi connectivity index (χ3n) is 5.70. The van der Waals surface area contributed by atoms with Gasteiger partial charge in [0.05, 0.1) is 11.7 Å². The second-order valence-electron chi connectivity index (χ2n) is 7.83. The number of hydrogen-bond donors (Lipinski definition) is 0. The number of carbonyl (C=O) groups is 2. The van der Waals surface area contributed by atoms with Gasteiger partial charge in [0.2, 0.25) is 5.91 Å². The van der Waals surface area contributed by atoms with E-state index >= 15 is 0 Å². The number of para-hydroxylation sites is 1.